The summed E-state index contributed by atoms with van der Waals surface area (Å²) >= 11 is 6.02. The van der Waals surface area contributed by atoms with Gasteiger partial charge in [-0.2, -0.15) is 5.26 Å². The number of imidazole rings is 1. The molecular weight excluding hydrogens is 590 g/mol. The first-order chi connectivity index (χ1) is 22.5. The molecule has 1 aliphatic heterocycles. The van der Waals surface area contributed by atoms with Crippen LogP contribution in [-0.4, -0.2) is 38.7 Å². The Morgan fingerprint density at radius 1 is 0.891 bits per heavy atom. The molecule has 0 aliphatic carbocycles. The SMILES string of the molecule is CCCCc1nc(C2CCN(CCCCc3cc4cc(C#N)ccc4n3CC)CC2)cn1-c1ccc(Oc2ccc(Cl)cc2)cc1. The van der Waals surface area contributed by atoms with Gasteiger partial charge in [0.1, 0.15) is 17.3 Å². The quantitative estimate of drug-likeness (QED) is 0.121. The third-order valence-electron chi connectivity index (χ3n) is 9.31. The molecule has 238 valence electrons. The average Bonchev–Trinajstić information content (AvgIpc) is 3.68. The molecule has 46 heavy (non-hydrogen) atoms. The van der Waals surface area contributed by atoms with Crippen LogP contribution in [0.15, 0.2) is 79.0 Å². The Hall–Kier alpha value is -4.05. The molecule has 0 spiro atoms. The van der Waals surface area contributed by atoms with Crippen molar-refractivity contribution in [3.8, 4) is 23.3 Å². The molecule has 0 amide bonds. The first-order valence-electron chi connectivity index (χ1n) is 16.9. The minimum atomic E-state index is 0.504. The summed E-state index contributed by atoms with van der Waals surface area (Å²) < 4.78 is 10.7. The Kier molecular flexibility index (Phi) is 10.4. The third kappa shape index (κ3) is 7.49. The number of rotatable bonds is 13. The topological polar surface area (TPSA) is 59.0 Å². The summed E-state index contributed by atoms with van der Waals surface area (Å²) in [6, 6.07) is 26.3. The molecule has 0 radical (unpaired) electrons. The van der Waals surface area contributed by atoms with E-state index in [1.165, 1.54) is 35.1 Å². The Bertz CT molecular complexity index is 1770. The number of unbranched alkanes of at least 4 members (excludes halogenated alkanes) is 2. The van der Waals surface area contributed by atoms with Gasteiger partial charge >= 0.3 is 0 Å². The second-order valence-electron chi connectivity index (χ2n) is 12.4. The molecule has 0 N–H and O–H groups in total. The molecule has 1 saturated heterocycles. The predicted octanol–water partition coefficient (Wildman–Crippen LogP) is 9.71. The lowest BCUT2D eigenvalue weighted by Gasteiger charge is -2.31. The van der Waals surface area contributed by atoms with Crippen LogP contribution in [0.1, 0.15) is 81.1 Å². The summed E-state index contributed by atoms with van der Waals surface area (Å²) in [5, 5.41) is 11.2. The van der Waals surface area contributed by atoms with Crippen LogP contribution in [0.2, 0.25) is 5.02 Å². The standard InChI is InChI=1S/C39H44ClN5O/c1-3-5-9-39-42-37(28-45(39)33-13-17-36(18-14-33)46-35-15-11-32(40)12-16-35)30-20-23-43(24-21-30)22-7-6-8-34-26-31-25-29(27-41)10-19-38(31)44(34)4-2/h10-19,25-26,28,30H,3-9,20-24H2,1-2H3. The van der Waals surface area contributed by atoms with E-state index >= 15 is 0 Å². The minimum Gasteiger partial charge on any atom is -0.457 e. The number of aryl methyl sites for hydroxylation is 3. The minimum absolute atomic E-state index is 0.504. The van der Waals surface area contributed by atoms with Crippen LogP contribution in [0.4, 0.5) is 0 Å². The number of likely N-dealkylation sites (tertiary alicyclic amines) is 1. The van der Waals surface area contributed by atoms with E-state index in [4.69, 9.17) is 21.3 Å². The van der Waals surface area contributed by atoms with Crippen molar-refractivity contribution in [1.29, 1.82) is 5.26 Å². The van der Waals surface area contributed by atoms with Gasteiger partial charge in [-0.1, -0.05) is 24.9 Å². The summed E-state index contributed by atoms with van der Waals surface area (Å²) in [5.41, 5.74) is 5.70. The zero-order chi connectivity index (χ0) is 31.9. The molecule has 0 unspecified atom stereocenters. The summed E-state index contributed by atoms with van der Waals surface area (Å²) in [5.74, 6) is 3.23. The lowest BCUT2D eigenvalue weighted by atomic mass is 9.94. The second-order valence-corrected chi connectivity index (χ2v) is 12.9. The maximum absolute atomic E-state index is 9.28. The van der Waals surface area contributed by atoms with Crippen molar-refractivity contribution in [2.45, 2.75) is 77.7 Å². The van der Waals surface area contributed by atoms with Crippen LogP contribution >= 0.6 is 11.6 Å². The van der Waals surface area contributed by atoms with Gasteiger partial charge in [-0.05, 0) is 138 Å². The van der Waals surface area contributed by atoms with E-state index in [2.05, 4.69) is 64.4 Å². The summed E-state index contributed by atoms with van der Waals surface area (Å²) in [7, 11) is 0. The molecule has 0 atom stereocenters. The highest BCUT2D eigenvalue weighted by Gasteiger charge is 2.24. The van der Waals surface area contributed by atoms with Crippen molar-refractivity contribution >= 4 is 22.5 Å². The van der Waals surface area contributed by atoms with Crippen molar-refractivity contribution in [1.82, 2.24) is 19.0 Å². The van der Waals surface area contributed by atoms with E-state index < -0.39 is 0 Å². The lowest BCUT2D eigenvalue weighted by molar-refractivity contribution is 0.207. The molecular formula is C39H44ClN5O. The van der Waals surface area contributed by atoms with E-state index in [-0.39, 0.29) is 0 Å². The van der Waals surface area contributed by atoms with Crippen LogP contribution in [-0.2, 0) is 19.4 Å². The lowest BCUT2D eigenvalue weighted by Crippen LogP contribution is -2.33. The van der Waals surface area contributed by atoms with Crippen LogP contribution in [0, 0.1) is 11.3 Å². The summed E-state index contributed by atoms with van der Waals surface area (Å²) in [4.78, 5) is 7.84. The predicted molar refractivity (Wildman–Crippen MR) is 187 cm³/mol. The molecule has 1 aliphatic rings. The Morgan fingerprint density at radius 3 is 2.33 bits per heavy atom. The Morgan fingerprint density at radius 2 is 1.63 bits per heavy atom. The second kappa shape index (κ2) is 15.0. The van der Waals surface area contributed by atoms with Crippen molar-refractivity contribution in [2.75, 3.05) is 19.6 Å². The fourth-order valence-electron chi connectivity index (χ4n) is 6.76. The normalized spacial score (nSPS) is 14.1. The van der Waals surface area contributed by atoms with E-state index in [9.17, 15) is 5.26 Å². The van der Waals surface area contributed by atoms with Crippen LogP contribution in [0.25, 0.3) is 16.6 Å². The smallest absolute Gasteiger partial charge is 0.127 e. The van der Waals surface area contributed by atoms with Crippen molar-refractivity contribution < 1.29 is 4.74 Å². The Labute approximate surface area is 278 Å². The van der Waals surface area contributed by atoms with E-state index in [1.54, 1.807) is 0 Å². The van der Waals surface area contributed by atoms with E-state index in [0.29, 0.717) is 10.9 Å². The summed E-state index contributed by atoms with van der Waals surface area (Å²) in [6.45, 7) is 8.81. The fourth-order valence-corrected chi connectivity index (χ4v) is 6.88. The van der Waals surface area contributed by atoms with Crippen LogP contribution < -0.4 is 4.74 Å². The van der Waals surface area contributed by atoms with Gasteiger partial charge < -0.3 is 18.8 Å². The molecule has 0 saturated carbocycles. The third-order valence-corrected chi connectivity index (χ3v) is 9.56. The first kappa shape index (κ1) is 31.9. The average molecular weight is 634 g/mol. The highest BCUT2D eigenvalue weighted by atomic mass is 35.5. The number of piperidine rings is 1. The van der Waals surface area contributed by atoms with Crippen LogP contribution in [0.5, 0.6) is 11.5 Å². The van der Waals surface area contributed by atoms with E-state index in [1.807, 2.05) is 48.5 Å². The van der Waals surface area contributed by atoms with Gasteiger partial charge in [0, 0.05) is 52.4 Å². The van der Waals surface area contributed by atoms with Gasteiger partial charge in [-0.25, -0.2) is 4.98 Å². The largest absolute Gasteiger partial charge is 0.457 e. The number of benzene rings is 3. The monoisotopic (exact) mass is 633 g/mol. The molecule has 2 aromatic heterocycles. The van der Waals surface area contributed by atoms with Gasteiger partial charge in [0.15, 0.2) is 0 Å². The fraction of sp³-hybridized carbons (Fsp3) is 0.385. The molecule has 5 aromatic rings. The summed E-state index contributed by atoms with van der Waals surface area (Å²) in [6.07, 6.45) is 11.3. The molecule has 3 aromatic carbocycles. The van der Waals surface area contributed by atoms with Crippen molar-refractivity contribution in [3.63, 3.8) is 0 Å². The van der Waals surface area contributed by atoms with Crippen molar-refractivity contribution in [2.24, 2.45) is 0 Å². The molecule has 7 heteroatoms. The zero-order valence-electron chi connectivity index (χ0n) is 27.1. The number of hydrogen-bond acceptors (Lipinski definition) is 4. The molecule has 0 bridgehead atoms. The zero-order valence-corrected chi connectivity index (χ0v) is 27.8. The highest BCUT2D eigenvalue weighted by Crippen LogP contribution is 2.31. The number of hydrogen-bond donors (Lipinski definition) is 0. The molecule has 6 rings (SSSR count). The van der Waals surface area contributed by atoms with Crippen LogP contribution in [0.3, 0.4) is 0 Å². The highest BCUT2D eigenvalue weighted by molar-refractivity contribution is 6.30. The molecule has 1 fully saturated rings. The number of fused-ring (bicyclic) bond motifs is 1. The van der Waals surface area contributed by atoms with Gasteiger partial charge in [-0.3, -0.25) is 0 Å². The number of ether oxygens (including phenoxy) is 1. The molecule has 6 nitrogen and oxygen atoms in total. The van der Waals surface area contributed by atoms with Gasteiger partial charge in [0.05, 0.1) is 17.3 Å². The number of nitriles is 1. The first-order valence-corrected chi connectivity index (χ1v) is 17.3. The number of nitrogens with zero attached hydrogens (tertiary/aromatic N) is 5. The van der Waals surface area contributed by atoms with Crippen molar-refractivity contribution in [3.05, 3.63) is 107 Å². The molecule has 3 heterocycles. The van der Waals surface area contributed by atoms with Gasteiger partial charge in [0.25, 0.3) is 0 Å². The number of halogens is 1. The Balaban J connectivity index is 1.03. The van der Waals surface area contributed by atoms with Gasteiger partial charge in [0.2, 0.25) is 0 Å². The maximum atomic E-state index is 9.28. The number of aromatic nitrogens is 3. The van der Waals surface area contributed by atoms with E-state index in [0.717, 1.165) is 93.3 Å². The maximum Gasteiger partial charge on any atom is 0.127 e. The van der Waals surface area contributed by atoms with Gasteiger partial charge in [-0.15, -0.1) is 0 Å².